The van der Waals surface area contributed by atoms with Crippen molar-refractivity contribution in [3.8, 4) is 0 Å². The molecule has 0 unspecified atom stereocenters. The van der Waals surface area contributed by atoms with Gasteiger partial charge >= 0.3 is 5.97 Å². The van der Waals surface area contributed by atoms with Crippen LogP contribution in [0.3, 0.4) is 0 Å². The Hall–Kier alpha value is -3.81. The van der Waals surface area contributed by atoms with Gasteiger partial charge in [0.15, 0.2) is 0 Å². The molecular formula is C29H29NO6. The second-order valence-electron chi connectivity index (χ2n) is 8.58. The summed E-state index contributed by atoms with van der Waals surface area (Å²) in [6, 6.07) is 26.6. The number of amides is 2. The van der Waals surface area contributed by atoms with Gasteiger partial charge in [0, 0.05) is 26.1 Å². The second kappa shape index (κ2) is 11.7. The third-order valence-corrected chi connectivity index (χ3v) is 6.19. The van der Waals surface area contributed by atoms with Gasteiger partial charge in [0.05, 0.1) is 5.56 Å². The minimum Gasteiger partial charge on any atom is -0.396 e. The number of ether oxygens (including phenoxy) is 1. The molecular weight excluding hydrogens is 458 g/mol. The van der Waals surface area contributed by atoms with Crippen LogP contribution in [0.5, 0.6) is 0 Å². The van der Waals surface area contributed by atoms with Crippen LogP contribution in [-0.4, -0.2) is 41.2 Å². The lowest BCUT2D eigenvalue weighted by molar-refractivity contribution is -0.172. The van der Waals surface area contributed by atoms with Gasteiger partial charge in [-0.25, -0.2) is 4.79 Å². The standard InChI is InChI=1S/C29H29NO6/c31-20-8-3-9-21-35-29(23-10-4-1-5-11-23,24-12-6-2-7-13-24)25-16-14-22(15-17-25)28(34)36-30-26(32)18-19-27(30)33/h1-2,4-7,10-17,31H,3,8-9,18-21H2. The number of hydrogen-bond donors (Lipinski definition) is 1. The lowest BCUT2D eigenvalue weighted by atomic mass is 9.79. The first-order chi connectivity index (χ1) is 17.6. The molecule has 1 aliphatic rings. The maximum absolute atomic E-state index is 12.6. The fraction of sp³-hybridized carbons (Fsp3) is 0.276. The molecule has 3 aromatic rings. The Balaban J connectivity index is 1.68. The van der Waals surface area contributed by atoms with E-state index in [1.54, 1.807) is 24.3 Å². The molecule has 0 saturated carbocycles. The van der Waals surface area contributed by atoms with E-state index in [2.05, 4.69) is 0 Å². The number of nitrogens with zero attached hydrogens (tertiary/aromatic N) is 1. The summed E-state index contributed by atoms with van der Waals surface area (Å²) in [5.41, 5.74) is 1.95. The Labute approximate surface area is 210 Å². The van der Waals surface area contributed by atoms with Crippen LogP contribution in [0.2, 0.25) is 0 Å². The van der Waals surface area contributed by atoms with Crippen molar-refractivity contribution < 1.29 is 29.1 Å². The Morgan fingerprint density at radius 3 is 1.81 bits per heavy atom. The van der Waals surface area contributed by atoms with Crippen LogP contribution < -0.4 is 0 Å². The molecule has 1 N–H and O–H groups in total. The minimum atomic E-state index is -0.939. The van der Waals surface area contributed by atoms with Crippen LogP contribution in [0.1, 0.15) is 59.2 Å². The molecule has 36 heavy (non-hydrogen) atoms. The van der Waals surface area contributed by atoms with Gasteiger partial charge in [-0.2, -0.15) is 0 Å². The van der Waals surface area contributed by atoms with Crippen molar-refractivity contribution in [3.05, 3.63) is 107 Å². The number of carbonyl (C=O) groups excluding carboxylic acids is 3. The summed E-state index contributed by atoms with van der Waals surface area (Å²) in [7, 11) is 0. The summed E-state index contributed by atoms with van der Waals surface area (Å²) in [6.45, 7) is 0.613. The highest BCUT2D eigenvalue weighted by atomic mass is 16.7. The molecule has 1 aliphatic heterocycles. The molecule has 0 spiro atoms. The van der Waals surface area contributed by atoms with Gasteiger partial charge in [0.1, 0.15) is 5.60 Å². The zero-order valence-electron chi connectivity index (χ0n) is 20.0. The third kappa shape index (κ3) is 5.37. The van der Waals surface area contributed by atoms with E-state index in [0.29, 0.717) is 18.1 Å². The van der Waals surface area contributed by atoms with Crippen LogP contribution in [0.15, 0.2) is 84.9 Å². The zero-order chi connectivity index (χ0) is 25.4. The largest absolute Gasteiger partial charge is 0.396 e. The Kier molecular flexibility index (Phi) is 8.25. The molecule has 186 valence electrons. The number of benzene rings is 3. The Morgan fingerprint density at radius 2 is 1.28 bits per heavy atom. The van der Waals surface area contributed by atoms with Crippen LogP contribution in [0, 0.1) is 0 Å². The van der Waals surface area contributed by atoms with Crippen molar-refractivity contribution in [2.75, 3.05) is 13.2 Å². The van der Waals surface area contributed by atoms with Crippen LogP contribution in [0.25, 0.3) is 0 Å². The van der Waals surface area contributed by atoms with E-state index in [1.807, 2.05) is 60.7 Å². The molecule has 1 saturated heterocycles. The van der Waals surface area contributed by atoms with Gasteiger partial charge < -0.3 is 14.7 Å². The van der Waals surface area contributed by atoms with Gasteiger partial charge in [-0.05, 0) is 48.1 Å². The summed E-state index contributed by atoms with van der Waals surface area (Å²) >= 11 is 0. The molecule has 0 radical (unpaired) electrons. The number of unbranched alkanes of at least 4 members (excludes halogenated alkanes) is 2. The molecule has 0 aromatic heterocycles. The van der Waals surface area contributed by atoms with Crippen molar-refractivity contribution in [3.63, 3.8) is 0 Å². The number of rotatable bonds is 11. The number of hydroxylamine groups is 2. The van der Waals surface area contributed by atoms with Crippen molar-refractivity contribution in [2.24, 2.45) is 0 Å². The maximum Gasteiger partial charge on any atom is 0.363 e. The van der Waals surface area contributed by atoms with E-state index >= 15 is 0 Å². The molecule has 1 heterocycles. The summed E-state index contributed by atoms with van der Waals surface area (Å²) in [6.07, 6.45) is 2.42. The molecule has 3 aromatic carbocycles. The van der Waals surface area contributed by atoms with Crippen LogP contribution >= 0.6 is 0 Å². The van der Waals surface area contributed by atoms with E-state index < -0.39 is 23.4 Å². The number of carbonyl (C=O) groups is 3. The molecule has 7 heteroatoms. The summed E-state index contributed by atoms with van der Waals surface area (Å²) < 4.78 is 6.68. The lowest BCUT2D eigenvalue weighted by Gasteiger charge is -2.36. The first-order valence-corrected chi connectivity index (χ1v) is 12.1. The minimum absolute atomic E-state index is 0.0391. The highest BCUT2D eigenvalue weighted by molar-refractivity contribution is 6.02. The monoisotopic (exact) mass is 487 g/mol. The van der Waals surface area contributed by atoms with Gasteiger partial charge in [0.2, 0.25) is 0 Å². The lowest BCUT2D eigenvalue weighted by Crippen LogP contribution is -2.34. The van der Waals surface area contributed by atoms with E-state index in [4.69, 9.17) is 14.7 Å². The normalized spacial score (nSPS) is 13.8. The highest BCUT2D eigenvalue weighted by Crippen LogP contribution is 2.40. The topological polar surface area (TPSA) is 93.1 Å². The maximum atomic E-state index is 12.6. The van der Waals surface area contributed by atoms with Gasteiger partial charge in [-0.1, -0.05) is 72.8 Å². The predicted octanol–water partition coefficient (Wildman–Crippen LogP) is 4.38. The molecule has 4 rings (SSSR count). The molecule has 0 atom stereocenters. The van der Waals surface area contributed by atoms with Crippen molar-refractivity contribution in [2.45, 2.75) is 37.7 Å². The average molecular weight is 488 g/mol. The molecule has 7 nitrogen and oxygen atoms in total. The Morgan fingerprint density at radius 1 is 0.750 bits per heavy atom. The molecule has 1 fully saturated rings. The quantitative estimate of drug-likeness (QED) is 0.245. The highest BCUT2D eigenvalue weighted by Gasteiger charge is 2.38. The first-order valence-electron chi connectivity index (χ1n) is 12.1. The number of aliphatic hydroxyl groups is 1. The molecule has 0 aliphatic carbocycles. The fourth-order valence-corrected chi connectivity index (χ4v) is 4.35. The Bertz CT molecular complexity index is 1120. The average Bonchev–Trinajstić information content (AvgIpc) is 3.24. The third-order valence-electron chi connectivity index (χ3n) is 6.19. The first kappa shape index (κ1) is 25.3. The van der Waals surface area contributed by atoms with E-state index in [9.17, 15) is 14.4 Å². The predicted molar refractivity (Wildman–Crippen MR) is 133 cm³/mol. The van der Waals surface area contributed by atoms with Crippen molar-refractivity contribution >= 4 is 17.8 Å². The fourth-order valence-electron chi connectivity index (χ4n) is 4.35. The van der Waals surface area contributed by atoms with Crippen LogP contribution in [0.4, 0.5) is 0 Å². The van der Waals surface area contributed by atoms with Gasteiger partial charge in [-0.15, -0.1) is 5.06 Å². The summed E-state index contributed by atoms with van der Waals surface area (Å²) in [5.74, 6) is -1.82. The van der Waals surface area contributed by atoms with Crippen molar-refractivity contribution in [1.82, 2.24) is 5.06 Å². The van der Waals surface area contributed by atoms with Gasteiger partial charge in [-0.3, -0.25) is 9.59 Å². The number of aliphatic hydroxyl groups excluding tert-OH is 1. The summed E-state index contributed by atoms with van der Waals surface area (Å²) in [4.78, 5) is 41.3. The summed E-state index contributed by atoms with van der Waals surface area (Å²) in [5, 5.41) is 9.68. The SMILES string of the molecule is O=C(ON1C(=O)CCC1=O)c1ccc(C(OCCCCCO)(c2ccccc2)c2ccccc2)cc1. The second-order valence-corrected chi connectivity index (χ2v) is 8.58. The van der Waals surface area contributed by atoms with E-state index in [-0.39, 0.29) is 25.0 Å². The molecule has 2 amide bonds. The van der Waals surface area contributed by atoms with Crippen molar-refractivity contribution in [1.29, 1.82) is 0 Å². The number of imide groups is 1. The zero-order valence-corrected chi connectivity index (χ0v) is 20.0. The van der Waals surface area contributed by atoms with E-state index in [0.717, 1.165) is 29.5 Å². The molecule has 0 bridgehead atoms. The van der Waals surface area contributed by atoms with E-state index in [1.165, 1.54) is 0 Å². The van der Waals surface area contributed by atoms with Gasteiger partial charge in [0.25, 0.3) is 11.8 Å². The number of hydrogen-bond acceptors (Lipinski definition) is 6. The van der Waals surface area contributed by atoms with Crippen LogP contribution in [-0.2, 0) is 24.8 Å². The smallest absolute Gasteiger partial charge is 0.363 e.